The van der Waals surface area contributed by atoms with Crippen molar-refractivity contribution in [1.29, 1.82) is 0 Å². The summed E-state index contributed by atoms with van der Waals surface area (Å²) in [6, 6.07) is 0. The van der Waals surface area contributed by atoms with Crippen LogP contribution in [0.15, 0.2) is 11.1 Å². The maximum atomic E-state index is 12.4. The molecule has 0 radical (unpaired) electrons. The molecule has 1 saturated heterocycles. The van der Waals surface area contributed by atoms with Gasteiger partial charge < -0.3 is 4.74 Å². The zero-order chi connectivity index (χ0) is 14.8. The van der Waals surface area contributed by atoms with Crippen LogP contribution in [0.3, 0.4) is 0 Å². The molecule has 1 heterocycles. The van der Waals surface area contributed by atoms with Gasteiger partial charge in [0, 0.05) is 16.2 Å². The van der Waals surface area contributed by atoms with Crippen molar-refractivity contribution in [3.05, 3.63) is 11.1 Å². The molecule has 0 aromatic carbocycles. The van der Waals surface area contributed by atoms with Gasteiger partial charge in [-0.15, -0.1) is 0 Å². The molecule has 0 amide bonds. The van der Waals surface area contributed by atoms with Crippen molar-refractivity contribution in [2.75, 3.05) is 0 Å². The van der Waals surface area contributed by atoms with Crippen LogP contribution >= 0.6 is 31.9 Å². The van der Waals surface area contributed by atoms with Gasteiger partial charge in [-0.25, -0.2) is 0 Å². The summed E-state index contributed by atoms with van der Waals surface area (Å²) in [6.45, 7) is 6.00. The lowest BCUT2D eigenvalue weighted by Gasteiger charge is -2.49. The topological polar surface area (TPSA) is 43.4 Å². The second kappa shape index (κ2) is 4.67. The minimum atomic E-state index is -0.208. The molecule has 0 aromatic rings. The van der Waals surface area contributed by atoms with Gasteiger partial charge in [-0.1, -0.05) is 45.7 Å². The highest BCUT2D eigenvalue weighted by Gasteiger charge is 2.58. The highest BCUT2D eigenvalue weighted by atomic mass is 79.9. The molecule has 3 rings (SSSR count). The molecular weight excluding hydrogens is 388 g/mol. The van der Waals surface area contributed by atoms with Gasteiger partial charge in [0.1, 0.15) is 6.10 Å². The smallest absolute Gasteiger partial charge is 0.309 e. The van der Waals surface area contributed by atoms with Crippen LogP contribution in [0.5, 0.6) is 0 Å². The maximum absolute atomic E-state index is 12.4. The molecule has 0 aromatic heterocycles. The van der Waals surface area contributed by atoms with Gasteiger partial charge in [-0.2, -0.15) is 0 Å². The third-order valence-corrected chi connectivity index (χ3v) is 8.63. The molecule has 20 heavy (non-hydrogen) atoms. The zero-order valence-corrected chi connectivity index (χ0v) is 15.0. The van der Waals surface area contributed by atoms with Crippen molar-refractivity contribution in [1.82, 2.24) is 0 Å². The Morgan fingerprint density at radius 1 is 1.30 bits per heavy atom. The van der Waals surface area contributed by atoms with Gasteiger partial charge in [-0.05, 0) is 30.9 Å². The number of carbonyl (C=O) groups excluding carboxylic acids is 2. The largest absolute Gasteiger partial charge is 0.457 e. The van der Waals surface area contributed by atoms with E-state index in [2.05, 4.69) is 38.8 Å². The van der Waals surface area contributed by atoms with E-state index < -0.39 is 0 Å². The first kappa shape index (κ1) is 14.8. The lowest BCUT2D eigenvalue weighted by atomic mass is 9.59. The summed E-state index contributed by atoms with van der Waals surface area (Å²) < 4.78 is 5.63. The molecule has 1 saturated carbocycles. The van der Waals surface area contributed by atoms with Gasteiger partial charge in [0.15, 0.2) is 5.78 Å². The van der Waals surface area contributed by atoms with Gasteiger partial charge in [0.25, 0.3) is 0 Å². The van der Waals surface area contributed by atoms with Crippen LogP contribution in [-0.2, 0) is 14.3 Å². The van der Waals surface area contributed by atoms with Crippen molar-refractivity contribution in [2.24, 2.45) is 17.3 Å². The number of halogens is 2. The van der Waals surface area contributed by atoms with E-state index in [-0.39, 0.29) is 44.8 Å². The highest BCUT2D eigenvalue weighted by molar-refractivity contribution is 9.12. The standard InChI is InChI=1S/C15H18Br2O3/c1-6-8-4-5-15(3)9(12(8)20-14(6)19)7(2)11(18)10(16)13(15)17/h6,8,10,12-13H,4-5H2,1-3H3/t6-,8-,10+,12-,13-,15+/m0/s1. The first-order chi connectivity index (χ1) is 9.29. The molecule has 0 spiro atoms. The van der Waals surface area contributed by atoms with Crippen LogP contribution in [0, 0.1) is 17.3 Å². The zero-order valence-electron chi connectivity index (χ0n) is 11.8. The van der Waals surface area contributed by atoms with E-state index >= 15 is 0 Å². The van der Waals surface area contributed by atoms with Gasteiger partial charge in [0.05, 0.1) is 10.7 Å². The fourth-order valence-corrected chi connectivity index (χ4v) is 5.72. The Bertz CT molecular complexity index is 527. The SMILES string of the molecule is CC1=C2[C@H]3OC(=O)[C@@H](C)[C@@H]3CC[C@@]2(C)[C@@H](Br)[C@H](Br)C1=O. The van der Waals surface area contributed by atoms with Gasteiger partial charge in [-0.3, -0.25) is 9.59 Å². The molecule has 0 bridgehead atoms. The molecule has 3 nitrogen and oxygen atoms in total. The first-order valence-corrected chi connectivity index (χ1v) is 8.86. The number of alkyl halides is 2. The molecule has 2 fully saturated rings. The summed E-state index contributed by atoms with van der Waals surface area (Å²) in [6.07, 6.45) is 1.74. The minimum Gasteiger partial charge on any atom is -0.457 e. The average Bonchev–Trinajstić information content (AvgIpc) is 2.69. The summed E-state index contributed by atoms with van der Waals surface area (Å²) in [5.41, 5.74) is 1.70. The number of rotatable bonds is 0. The second-order valence-electron chi connectivity index (χ2n) is 6.47. The van der Waals surface area contributed by atoms with Crippen LogP contribution in [0.25, 0.3) is 0 Å². The Morgan fingerprint density at radius 2 is 1.95 bits per heavy atom. The van der Waals surface area contributed by atoms with E-state index in [1.807, 2.05) is 13.8 Å². The Kier molecular flexibility index (Phi) is 3.45. The lowest BCUT2D eigenvalue weighted by molar-refractivity contribution is -0.143. The summed E-state index contributed by atoms with van der Waals surface area (Å²) >= 11 is 7.22. The molecule has 2 aliphatic carbocycles. The van der Waals surface area contributed by atoms with Crippen molar-refractivity contribution in [3.8, 4) is 0 Å². The third kappa shape index (κ3) is 1.75. The molecule has 5 heteroatoms. The predicted molar refractivity (Wildman–Crippen MR) is 83.0 cm³/mol. The van der Waals surface area contributed by atoms with Crippen molar-refractivity contribution >= 4 is 43.6 Å². The van der Waals surface area contributed by atoms with Crippen molar-refractivity contribution in [3.63, 3.8) is 0 Å². The summed E-state index contributed by atoms with van der Waals surface area (Å²) in [5.74, 6) is 0.148. The average molecular weight is 406 g/mol. The van der Waals surface area contributed by atoms with Crippen LogP contribution in [-0.4, -0.2) is 27.5 Å². The number of hydrogen-bond acceptors (Lipinski definition) is 3. The second-order valence-corrected chi connectivity index (χ2v) is 8.45. The van der Waals surface area contributed by atoms with Crippen LogP contribution in [0.1, 0.15) is 33.6 Å². The van der Waals surface area contributed by atoms with E-state index in [0.717, 1.165) is 24.0 Å². The molecule has 1 aliphatic heterocycles. The Balaban J connectivity index is 2.13. The van der Waals surface area contributed by atoms with Crippen molar-refractivity contribution in [2.45, 2.75) is 49.4 Å². The lowest BCUT2D eigenvalue weighted by Crippen LogP contribution is -2.51. The van der Waals surface area contributed by atoms with Crippen LogP contribution in [0.2, 0.25) is 0 Å². The predicted octanol–water partition coefficient (Wildman–Crippen LogP) is 3.39. The minimum absolute atomic E-state index is 0.0387. The van der Waals surface area contributed by atoms with E-state index in [9.17, 15) is 9.59 Å². The number of Topliss-reactive ketones (excluding diaryl/α,β-unsaturated/α-hetero) is 1. The number of ketones is 1. The van der Waals surface area contributed by atoms with E-state index in [4.69, 9.17) is 4.74 Å². The Hall–Kier alpha value is -0.160. The maximum Gasteiger partial charge on any atom is 0.309 e. The van der Waals surface area contributed by atoms with Gasteiger partial charge in [0.2, 0.25) is 0 Å². The fourth-order valence-electron chi connectivity index (χ4n) is 4.08. The van der Waals surface area contributed by atoms with E-state index in [1.165, 1.54) is 0 Å². The number of allylic oxidation sites excluding steroid dienone is 1. The normalized spacial score (nSPS) is 48.0. The van der Waals surface area contributed by atoms with E-state index in [0.29, 0.717) is 0 Å². The summed E-state index contributed by atoms with van der Waals surface area (Å²) in [4.78, 5) is 24.1. The fraction of sp³-hybridized carbons (Fsp3) is 0.733. The number of hydrogen-bond donors (Lipinski definition) is 0. The third-order valence-electron chi connectivity index (χ3n) is 5.43. The Morgan fingerprint density at radius 3 is 2.60 bits per heavy atom. The quantitative estimate of drug-likeness (QED) is 0.458. The molecule has 0 N–H and O–H groups in total. The number of esters is 1. The summed E-state index contributed by atoms with van der Waals surface area (Å²) in [7, 11) is 0. The molecule has 0 unspecified atom stereocenters. The van der Waals surface area contributed by atoms with Crippen LogP contribution < -0.4 is 0 Å². The number of carbonyl (C=O) groups is 2. The molecular formula is C15H18Br2O3. The van der Waals surface area contributed by atoms with Crippen LogP contribution in [0.4, 0.5) is 0 Å². The molecule has 3 aliphatic rings. The number of ether oxygens (including phenoxy) is 1. The van der Waals surface area contributed by atoms with Crippen molar-refractivity contribution < 1.29 is 14.3 Å². The van der Waals surface area contributed by atoms with E-state index in [1.54, 1.807) is 0 Å². The monoisotopic (exact) mass is 404 g/mol. The summed E-state index contributed by atoms with van der Waals surface area (Å²) in [5, 5.41) is 0. The molecule has 6 atom stereocenters. The molecule has 110 valence electrons. The Labute approximate surface area is 135 Å². The highest BCUT2D eigenvalue weighted by Crippen LogP contribution is 2.57. The van der Waals surface area contributed by atoms with Gasteiger partial charge >= 0.3 is 5.97 Å². The first-order valence-electron chi connectivity index (χ1n) is 7.03. The number of fused-ring (bicyclic) bond motifs is 3.